The maximum atomic E-state index is 10.7. The molecule has 1 heterocycles. The van der Waals surface area contributed by atoms with Gasteiger partial charge >= 0.3 is 0 Å². The molecule has 0 spiro atoms. The fraction of sp³-hybridized carbons (Fsp3) is 0.125. The van der Waals surface area contributed by atoms with Crippen molar-refractivity contribution in [1.82, 2.24) is 9.88 Å². The van der Waals surface area contributed by atoms with Crippen LogP contribution in [0, 0.1) is 0 Å². The Kier molecular flexibility index (Phi) is 5.06. The summed E-state index contributed by atoms with van der Waals surface area (Å²) in [6, 6.07) is 23.6. The SMILES string of the molecule is CN(C)Cc1cccc(N=C(c2ccccc2)c2c(O)[nH]c3ccc(N)cc23)c1. The molecule has 0 radical (unpaired) electrons. The molecule has 1 aromatic heterocycles. The molecule has 0 saturated carbocycles. The Hall–Kier alpha value is -3.57. The van der Waals surface area contributed by atoms with E-state index in [4.69, 9.17) is 10.7 Å². The number of hydrogen-bond acceptors (Lipinski definition) is 4. The van der Waals surface area contributed by atoms with Gasteiger partial charge in [0, 0.05) is 28.7 Å². The molecule has 5 heteroatoms. The van der Waals surface area contributed by atoms with Gasteiger partial charge in [0.05, 0.1) is 17.0 Å². The van der Waals surface area contributed by atoms with E-state index in [0.29, 0.717) is 17.0 Å². The number of rotatable bonds is 5. The third-order valence-corrected chi connectivity index (χ3v) is 4.74. The zero-order chi connectivity index (χ0) is 20.4. The van der Waals surface area contributed by atoms with Crippen LogP contribution in [0.3, 0.4) is 0 Å². The highest BCUT2D eigenvalue weighted by Gasteiger charge is 2.18. The first-order chi connectivity index (χ1) is 14.0. The molecule has 0 fully saturated rings. The molecule has 0 aliphatic rings. The van der Waals surface area contributed by atoms with Crippen molar-refractivity contribution < 1.29 is 5.11 Å². The second kappa shape index (κ2) is 7.81. The molecule has 0 aliphatic carbocycles. The van der Waals surface area contributed by atoms with Crippen LogP contribution in [0.5, 0.6) is 5.88 Å². The smallest absolute Gasteiger partial charge is 0.199 e. The number of nitrogens with two attached hydrogens (primary N) is 1. The lowest BCUT2D eigenvalue weighted by atomic mass is 10.0. The minimum absolute atomic E-state index is 0.0812. The molecule has 0 unspecified atom stereocenters. The lowest BCUT2D eigenvalue weighted by molar-refractivity contribution is 0.402. The first kappa shape index (κ1) is 18.8. The maximum absolute atomic E-state index is 10.7. The molecule has 0 amide bonds. The average Bonchev–Trinajstić information content (AvgIpc) is 3.01. The Morgan fingerprint density at radius 1 is 1.00 bits per heavy atom. The van der Waals surface area contributed by atoms with Gasteiger partial charge < -0.3 is 20.7 Å². The topological polar surface area (TPSA) is 77.6 Å². The number of nitrogens with one attached hydrogen (secondary N) is 1. The summed E-state index contributed by atoms with van der Waals surface area (Å²) in [5.74, 6) is 0.0812. The lowest BCUT2D eigenvalue weighted by Crippen LogP contribution is -2.10. The monoisotopic (exact) mass is 384 g/mol. The summed E-state index contributed by atoms with van der Waals surface area (Å²) >= 11 is 0. The Balaban J connectivity index is 1.92. The van der Waals surface area contributed by atoms with E-state index < -0.39 is 0 Å². The van der Waals surface area contributed by atoms with Crippen molar-refractivity contribution in [2.24, 2.45) is 4.99 Å². The fourth-order valence-corrected chi connectivity index (χ4v) is 3.51. The van der Waals surface area contributed by atoms with Crippen LogP contribution in [-0.2, 0) is 6.54 Å². The molecule has 146 valence electrons. The summed E-state index contributed by atoms with van der Waals surface area (Å²) in [4.78, 5) is 10.1. The summed E-state index contributed by atoms with van der Waals surface area (Å²) in [6.45, 7) is 0.832. The Bertz CT molecular complexity index is 1180. The second-order valence-electron chi connectivity index (χ2n) is 7.39. The van der Waals surface area contributed by atoms with Gasteiger partial charge in [0.25, 0.3) is 0 Å². The van der Waals surface area contributed by atoms with E-state index in [1.165, 1.54) is 5.56 Å². The van der Waals surface area contributed by atoms with E-state index in [9.17, 15) is 5.11 Å². The van der Waals surface area contributed by atoms with E-state index in [1.807, 2.05) is 74.8 Å². The fourth-order valence-electron chi connectivity index (χ4n) is 3.51. The van der Waals surface area contributed by atoms with E-state index >= 15 is 0 Å². The van der Waals surface area contributed by atoms with Crippen molar-refractivity contribution >= 4 is 28.0 Å². The summed E-state index contributed by atoms with van der Waals surface area (Å²) < 4.78 is 0. The van der Waals surface area contributed by atoms with Crippen molar-refractivity contribution in [2.45, 2.75) is 6.54 Å². The highest BCUT2D eigenvalue weighted by molar-refractivity contribution is 6.22. The van der Waals surface area contributed by atoms with Crippen LogP contribution >= 0.6 is 0 Å². The zero-order valence-electron chi connectivity index (χ0n) is 16.6. The quantitative estimate of drug-likeness (QED) is 0.345. The molecule has 4 N–H and O–H groups in total. The summed E-state index contributed by atoms with van der Waals surface area (Å²) in [7, 11) is 4.08. The van der Waals surface area contributed by atoms with Gasteiger partial charge in [0.2, 0.25) is 0 Å². The molecule has 0 aliphatic heterocycles. The van der Waals surface area contributed by atoms with Crippen LogP contribution in [0.1, 0.15) is 16.7 Å². The number of nitrogen functional groups attached to an aromatic ring is 1. The van der Waals surface area contributed by atoms with Crippen LogP contribution in [0.4, 0.5) is 11.4 Å². The molecule has 5 nitrogen and oxygen atoms in total. The molecule has 3 aromatic carbocycles. The van der Waals surface area contributed by atoms with E-state index in [2.05, 4.69) is 22.0 Å². The molecular formula is C24H24N4O. The first-order valence-corrected chi connectivity index (χ1v) is 9.49. The molecule has 4 rings (SSSR count). The van der Waals surface area contributed by atoms with Crippen molar-refractivity contribution in [3.63, 3.8) is 0 Å². The number of aliphatic imine (C=N–C) groups is 1. The van der Waals surface area contributed by atoms with Crippen LogP contribution in [-0.4, -0.2) is 34.8 Å². The standard InChI is InChI=1S/C24H24N4O/c1-28(2)15-16-7-6-10-19(13-16)26-23(17-8-4-3-5-9-17)22-20-14-18(25)11-12-21(20)27-24(22)29/h3-14,27,29H,15,25H2,1-2H3. The predicted octanol–water partition coefficient (Wildman–Crippen LogP) is 4.69. The van der Waals surface area contributed by atoms with Crippen molar-refractivity contribution in [1.29, 1.82) is 0 Å². The number of anilines is 1. The second-order valence-corrected chi connectivity index (χ2v) is 7.39. The summed E-state index contributed by atoms with van der Waals surface area (Å²) in [6.07, 6.45) is 0. The Labute approximate surface area is 170 Å². The van der Waals surface area contributed by atoms with E-state index in [0.717, 1.165) is 28.7 Å². The van der Waals surface area contributed by atoms with Gasteiger partial charge in [-0.15, -0.1) is 0 Å². The van der Waals surface area contributed by atoms with Crippen LogP contribution < -0.4 is 5.73 Å². The summed E-state index contributed by atoms with van der Waals surface area (Å²) in [5.41, 5.74) is 11.8. The van der Waals surface area contributed by atoms with Gasteiger partial charge in [-0.25, -0.2) is 4.99 Å². The number of aromatic hydroxyl groups is 1. The van der Waals surface area contributed by atoms with Crippen molar-refractivity contribution in [3.8, 4) is 5.88 Å². The number of aromatic nitrogens is 1. The number of H-pyrrole nitrogens is 1. The van der Waals surface area contributed by atoms with Crippen molar-refractivity contribution in [3.05, 3.63) is 89.5 Å². The lowest BCUT2D eigenvalue weighted by Gasteiger charge is -2.11. The maximum Gasteiger partial charge on any atom is 0.199 e. The van der Waals surface area contributed by atoms with Gasteiger partial charge in [-0.2, -0.15) is 0 Å². The highest BCUT2D eigenvalue weighted by atomic mass is 16.3. The zero-order valence-corrected chi connectivity index (χ0v) is 16.6. The van der Waals surface area contributed by atoms with Crippen LogP contribution in [0.25, 0.3) is 10.9 Å². The van der Waals surface area contributed by atoms with Gasteiger partial charge in [-0.3, -0.25) is 0 Å². The minimum Gasteiger partial charge on any atom is -0.494 e. The number of fused-ring (bicyclic) bond motifs is 1. The molecule has 0 atom stereocenters. The van der Waals surface area contributed by atoms with E-state index in [1.54, 1.807) is 0 Å². The highest BCUT2D eigenvalue weighted by Crippen LogP contribution is 2.32. The van der Waals surface area contributed by atoms with Crippen LogP contribution in [0.15, 0.2) is 77.8 Å². The van der Waals surface area contributed by atoms with Gasteiger partial charge in [-0.1, -0.05) is 42.5 Å². The number of nitrogens with zero attached hydrogens (tertiary/aromatic N) is 2. The Morgan fingerprint density at radius 3 is 2.55 bits per heavy atom. The largest absolute Gasteiger partial charge is 0.494 e. The minimum atomic E-state index is 0.0812. The molecule has 29 heavy (non-hydrogen) atoms. The van der Waals surface area contributed by atoms with Crippen molar-refractivity contribution in [2.75, 3.05) is 19.8 Å². The average molecular weight is 384 g/mol. The normalized spacial score (nSPS) is 12.0. The molecular weight excluding hydrogens is 360 g/mol. The van der Waals surface area contributed by atoms with Gasteiger partial charge in [0.1, 0.15) is 0 Å². The third kappa shape index (κ3) is 4.00. The third-order valence-electron chi connectivity index (χ3n) is 4.74. The molecule has 0 saturated heterocycles. The number of aromatic amines is 1. The molecule has 0 bridgehead atoms. The summed E-state index contributed by atoms with van der Waals surface area (Å²) in [5, 5.41) is 11.6. The van der Waals surface area contributed by atoms with Gasteiger partial charge in [-0.05, 0) is 50.0 Å². The molecule has 4 aromatic rings. The number of benzene rings is 3. The number of hydrogen-bond donors (Lipinski definition) is 3. The first-order valence-electron chi connectivity index (χ1n) is 9.49. The van der Waals surface area contributed by atoms with E-state index in [-0.39, 0.29) is 5.88 Å². The van der Waals surface area contributed by atoms with Crippen LogP contribution in [0.2, 0.25) is 0 Å². The predicted molar refractivity (Wildman–Crippen MR) is 120 cm³/mol. The Morgan fingerprint density at radius 2 is 1.79 bits per heavy atom. The van der Waals surface area contributed by atoms with Gasteiger partial charge in [0.15, 0.2) is 5.88 Å².